The van der Waals surface area contributed by atoms with E-state index in [0.717, 1.165) is 0 Å². The van der Waals surface area contributed by atoms with Crippen LogP contribution in [0.4, 0.5) is 0 Å². The lowest BCUT2D eigenvalue weighted by atomic mass is 9.79. The minimum absolute atomic E-state index is 0.0611. The molecule has 0 unspecified atom stereocenters. The molecule has 16 heteroatoms. The largest absolute Gasteiger partial charge is 0.524 e. The fraction of sp³-hybridized carbons (Fsp3) is 0.600. The minimum atomic E-state index is -4.82. The second-order valence-electron chi connectivity index (χ2n) is 10.6. The second kappa shape index (κ2) is 11.4. The summed E-state index contributed by atoms with van der Waals surface area (Å²) in [6.45, 7) is 1.75. The van der Waals surface area contributed by atoms with Crippen LogP contribution in [0.1, 0.15) is 19.0 Å². The van der Waals surface area contributed by atoms with Crippen molar-refractivity contribution >= 4 is 24.5 Å². The van der Waals surface area contributed by atoms with Crippen LogP contribution in [0, 0.1) is 0 Å². The molecule has 1 aromatic heterocycles. The number of aliphatic hydroxyl groups is 3. The second-order valence-corrected chi connectivity index (χ2v) is 11.8. The molecule has 15 nitrogen and oxygen atoms in total. The van der Waals surface area contributed by atoms with Crippen LogP contribution in [0.15, 0.2) is 30.5 Å². The molecule has 2 aromatic rings. The Morgan fingerprint density at radius 3 is 2.56 bits per heavy atom. The molecule has 8 N–H and O–H groups in total. The fourth-order valence-corrected chi connectivity index (χ4v) is 6.33. The lowest BCUT2D eigenvalue weighted by Crippen LogP contribution is -2.79. The Morgan fingerprint density at radius 2 is 1.88 bits per heavy atom. The molecule has 0 spiro atoms. The molecule has 41 heavy (non-hydrogen) atoms. The number of carbonyl (C=O) groups excluding carboxylic acids is 1. The van der Waals surface area contributed by atoms with Crippen molar-refractivity contribution in [3.63, 3.8) is 0 Å². The van der Waals surface area contributed by atoms with Gasteiger partial charge in [-0.1, -0.05) is 12.1 Å². The van der Waals surface area contributed by atoms with Crippen molar-refractivity contribution < 1.29 is 53.2 Å². The third-order valence-electron chi connectivity index (χ3n) is 7.83. The Balaban J connectivity index is 1.36. The number of fused-ring (bicyclic) bond motifs is 3. The first kappa shape index (κ1) is 30.2. The van der Waals surface area contributed by atoms with Gasteiger partial charge in [-0.2, -0.15) is 0 Å². The van der Waals surface area contributed by atoms with E-state index in [-0.39, 0.29) is 24.3 Å². The molecular weight excluding hydrogens is 563 g/mol. The predicted molar refractivity (Wildman–Crippen MR) is 141 cm³/mol. The van der Waals surface area contributed by atoms with Crippen molar-refractivity contribution in [1.29, 1.82) is 0 Å². The summed E-state index contributed by atoms with van der Waals surface area (Å²) in [5.41, 5.74) is 0.285. The zero-order chi connectivity index (χ0) is 29.7. The van der Waals surface area contributed by atoms with Gasteiger partial charge in [0.05, 0.1) is 42.4 Å². The molecule has 10 atom stereocenters. The Kier molecular flexibility index (Phi) is 8.42. The Labute approximate surface area is 235 Å². The first-order chi connectivity index (χ1) is 19.3. The number of nitrogens with zero attached hydrogens (tertiary/aromatic N) is 1. The Hall–Kier alpha value is -2.27. The van der Waals surface area contributed by atoms with E-state index < -0.39 is 74.5 Å². The summed E-state index contributed by atoms with van der Waals surface area (Å²) in [5.74, 6) is -2.73. The molecule has 5 rings (SSSR count). The molecule has 226 valence electrons. The first-order valence-electron chi connectivity index (χ1n) is 13.2. The Bertz CT molecular complexity index is 1330. The molecule has 0 bridgehead atoms. The van der Waals surface area contributed by atoms with Gasteiger partial charge in [-0.05, 0) is 39.6 Å². The fourth-order valence-electron chi connectivity index (χ4n) is 5.92. The topological polar surface area (TPSA) is 221 Å². The highest BCUT2D eigenvalue weighted by Gasteiger charge is 2.63. The Morgan fingerprint density at radius 1 is 1.15 bits per heavy atom. The quantitative estimate of drug-likeness (QED) is 0.166. The summed E-state index contributed by atoms with van der Waals surface area (Å²) in [5, 5.41) is 43.0. The van der Waals surface area contributed by atoms with Crippen LogP contribution in [0.3, 0.4) is 0 Å². The summed E-state index contributed by atoms with van der Waals surface area (Å²) in [4.78, 5) is 36.0. The number of hydrogen-bond donors (Lipinski definition) is 8. The number of hydrogen-bond acceptors (Lipinski definition) is 12. The molecule has 1 amide bonds. The van der Waals surface area contributed by atoms with E-state index in [1.54, 1.807) is 33.2 Å². The normalized spacial score (nSPS) is 37.2. The van der Waals surface area contributed by atoms with Crippen LogP contribution in [-0.4, -0.2) is 111 Å². The van der Waals surface area contributed by atoms with Crippen LogP contribution < -0.4 is 20.5 Å². The average Bonchev–Trinajstić information content (AvgIpc) is 2.89. The van der Waals surface area contributed by atoms with E-state index in [2.05, 4.69) is 20.9 Å². The van der Waals surface area contributed by atoms with Crippen molar-refractivity contribution in [2.45, 2.75) is 80.5 Å². The monoisotopic (exact) mass is 598 g/mol. The summed E-state index contributed by atoms with van der Waals surface area (Å²) >= 11 is 0. The first-order valence-corrected chi connectivity index (χ1v) is 14.7. The van der Waals surface area contributed by atoms with Gasteiger partial charge in [-0.3, -0.25) is 19.6 Å². The van der Waals surface area contributed by atoms with Crippen LogP contribution in [0.5, 0.6) is 5.75 Å². The van der Waals surface area contributed by atoms with Gasteiger partial charge in [0.25, 0.3) is 0 Å². The van der Waals surface area contributed by atoms with Gasteiger partial charge in [-0.25, -0.2) is 4.57 Å². The molecule has 1 aromatic carbocycles. The zero-order valence-electron chi connectivity index (χ0n) is 22.6. The van der Waals surface area contributed by atoms with Gasteiger partial charge in [0.15, 0.2) is 0 Å². The lowest BCUT2D eigenvalue weighted by Gasteiger charge is -2.58. The van der Waals surface area contributed by atoms with E-state index in [1.165, 1.54) is 18.3 Å². The van der Waals surface area contributed by atoms with Gasteiger partial charge in [-0.15, -0.1) is 0 Å². The van der Waals surface area contributed by atoms with Gasteiger partial charge < -0.3 is 50.0 Å². The van der Waals surface area contributed by atoms with Crippen molar-refractivity contribution in [2.24, 2.45) is 0 Å². The van der Waals surface area contributed by atoms with Crippen LogP contribution in [0.25, 0.3) is 10.8 Å². The molecular formula is C25H35N4O11P. The highest BCUT2D eigenvalue weighted by molar-refractivity contribution is 7.46. The van der Waals surface area contributed by atoms with E-state index in [0.29, 0.717) is 10.8 Å². The minimum Gasteiger partial charge on any atom is -0.404 e. The summed E-state index contributed by atoms with van der Waals surface area (Å²) in [6.07, 6.45) is -4.61. The van der Waals surface area contributed by atoms with Crippen LogP contribution in [-0.2, 0) is 30.0 Å². The van der Waals surface area contributed by atoms with Crippen molar-refractivity contribution in [3.8, 4) is 5.75 Å². The average molecular weight is 599 g/mol. The highest BCUT2D eigenvalue weighted by Crippen LogP contribution is 2.43. The standard InChI is InChI=1S/C25H35N4O11P/c1-11-7-16(25(33)24(37-11)38-23-21(32)18(26-2)20(31)19(27-3)22(23)39-25)29-17(30)9-13-8-14-12(10-28-13)5-4-6-15(14)40-41(34,35)36/h4-6,8,10-11,16,18-24,26-27,31-33H,7,9H2,1-3H3,(H,29,30)(H2,34,35,36)/t11-,16-,18-,19+,20+,21+,22-,23-,24+,25+/m1/s1. The molecule has 3 aliphatic rings. The van der Waals surface area contributed by atoms with E-state index >= 15 is 0 Å². The van der Waals surface area contributed by atoms with E-state index in [1.807, 2.05) is 0 Å². The van der Waals surface area contributed by atoms with Gasteiger partial charge in [0, 0.05) is 17.0 Å². The molecule has 2 aliphatic heterocycles. The third kappa shape index (κ3) is 5.85. The maximum absolute atomic E-state index is 13.2. The number of pyridine rings is 1. The lowest BCUT2D eigenvalue weighted by molar-refractivity contribution is -0.449. The van der Waals surface area contributed by atoms with Crippen molar-refractivity contribution in [1.82, 2.24) is 20.9 Å². The predicted octanol–water partition coefficient (Wildman–Crippen LogP) is -1.75. The number of phosphoric ester groups is 1. The van der Waals surface area contributed by atoms with Crippen LogP contribution in [0.2, 0.25) is 0 Å². The molecule has 0 radical (unpaired) electrons. The number of rotatable bonds is 7. The van der Waals surface area contributed by atoms with Gasteiger partial charge >= 0.3 is 7.82 Å². The maximum Gasteiger partial charge on any atom is 0.524 e. The molecule has 3 heterocycles. The number of aliphatic hydroxyl groups excluding tert-OH is 2. The van der Waals surface area contributed by atoms with Gasteiger partial charge in [0.2, 0.25) is 18.0 Å². The van der Waals surface area contributed by atoms with E-state index in [4.69, 9.17) is 18.7 Å². The number of ether oxygens (including phenoxy) is 3. The van der Waals surface area contributed by atoms with E-state index in [9.17, 15) is 34.5 Å². The highest BCUT2D eigenvalue weighted by atomic mass is 31.2. The number of likely N-dealkylation sites (N-methyl/N-ethyl adjacent to an activating group) is 2. The number of phosphoric acid groups is 1. The third-order valence-corrected chi connectivity index (χ3v) is 8.26. The SMILES string of the molecule is CN[C@@H]1[C@H](O)[C@H](NC)[C@H]2O[C@]3(O)[C@H](O[C@@H]2[C@H]1O)O[C@H](C)C[C@H]3NC(=O)Cc1cc2c(OP(=O)(O)O)cccc2cn1. The summed E-state index contributed by atoms with van der Waals surface area (Å²) in [6, 6.07) is 3.68. The zero-order valence-corrected chi connectivity index (χ0v) is 23.5. The number of amides is 1. The molecule has 3 fully saturated rings. The van der Waals surface area contributed by atoms with Crippen molar-refractivity contribution in [2.75, 3.05) is 14.1 Å². The molecule has 1 saturated carbocycles. The van der Waals surface area contributed by atoms with Crippen LogP contribution >= 0.6 is 7.82 Å². The summed E-state index contributed by atoms with van der Waals surface area (Å²) in [7, 11) is -1.61. The maximum atomic E-state index is 13.2. The molecule has 1 aliphatic carbocycles. The number of carbonyl (C=O) groups is 1. The molecule has 2 saturated heterocycles. The summed E-state index contributed by atoms with van der Waals surface area (Å²) < 4.78 is 34.2. The van der Waals surface area contributed by atoms with Crippen molar-refractivity contribution in [3.05, 3.63) is 36.2 Å². The number of nitrogens with one attached hydrogen (secondary N) is 3. The smallest absolute Gasteiger partial charge is 0.404 e. The number of aromatic nitrogens is 1. The van der Waals surface area contributed by atoms with Gasteiger partial charge in [0.1, 0.15) is 24.1 Å². The number of benzene rings is 1.